The number of allylic oxidation sites excluding steroid dienone is 2. The van der Waals surface area contributed by atoms with Gasteiger partial charge in [-0.2, -0.15) is 0 Å². The zero-order chi connectivity index (χ0) is 21.1. The van der Waals surface area contributed by atoms with Crippen LogP contribution >= 0.6 is 12.4 Å². The zero-order valence-electron chi connectivity index (χ0n) is 20.0. The van der Waals surface area contributed by atoms with E-state index in [0.717, 1.165) is 19.0 Å². The van der Waals surface area contributed by atoms with Gasteiger partial charge in [-0.3, -0.25) is 4.90 Å². The van der Waals surface area contributed by atoms with Gasteiger partial charge in [0.1, 0.15) is 0 Å². The molecule has 1 aliphatic carbocycles. The monoisotopic (exact) mass is 440 g/mol. The van der Waals surface area contributed by atoms with Gasteiger partial charge in [0.2, 0.25) is 0 Å². The molecule has 2 aliphatic rings. The summed E-state index contributed by atoms with van der Waals surface area (Å²) in [6, 6.07) is 13.7. The highest BCUT2D eigenvalue weighted by Crippen LogP contribution is 2.43. The Morgan fingerprint density at radius 2 is 1.71 bits per heavy atom. The Morgan fingerprint density at radius 3 is 2.35 bits per heavy atom. The Morgan fingerprint density at radius 1 is 0.968 bits per heavy atom. The molecule has 2 aromatic rings. The molecule has 1 unspecified atom stereocenters. The second kappa shape index (κ2) is 10.4. The molecular formula is C28H41ClN2. The molecule has 1 saturated heterocycles. The van der Waals surface area contributed by atoms with E-state index < -0.39 is 0 Å². The summed E-state index contributed by atoms with van der Waals surface area (Å²) in [6.45, 7) is 15.4. The lowest BCUT2D eigenvalue weighted by Crippen LogP contribution is -2.46. The van der Waals surface area contributed by atoms with Gasteiger partial charge in [0.15, 0.2) is 0 Å². The number of hydrogen-bond acceptors (Lipinski definition) is 2. The molecule has 1 heterocycles. The van der Waals surface area contributed by atoms with Crippen LogP contribution in [0.4, 0.5) is 5.69 Å². The Kier molecular flexibility index (Phi) is 8.10. The third kappa shape index (κ3) is 5.46. The van der Waals surface area contributed by atoms with E-state index in [-0.39, 0.29) is 12.4 Å². The van der Waals surface area contributed by atoms with Gasteiger partial charge >= 0.3 is 0 Å². The van der Waals surface area contributed by atoms with E-state index in [9.17, 15) is 0 Å². The molecule has 0 bridgehead atoms. The lowest BCUT2D eigenvalue weighted by Gasteiger charge is -2.38. The summed E-state index contributed by atoms with van der Waals surface area (Å²) in [5, 5.41) is 2.81. The number of hydrogen-bond donors (Lipinski definition) is 0. The smallest absolute Gasteiger partial charge is 0.0449 e. The quantitative estimate of drug-likeness (QED) is 0.477. The second-order valence-corrected chi connectivity index (χ2v) is 10.4. The Balaban J connectivity index is 0.00000272. The van der Waals surface area contributed by atoms with Crippen molar-refractivity contribution in [3.05, 3.63) is 48.0 Å². The summed E-state index contributed by atoms with van der Waals surface area (Å²) in [5.74, 6) is 0.793. The van der Waals surface area contributed by atoms with Gasteiger partial charge in [0.25, 0.3) is 0 Å². The molecule has 4 rings (SSSR count). The van der Waals surface area contributed by atoms with Crippen molar-refractivity contribution >= 4 is 34.4 Å². The SMILES string of the molecule is CCCCN1CCN(c2ccc3ccccc3c2C2=CCC(C(C)(C)C)CC2)CC1.Cl. The fraction of sp³-hybridized carbons (Fsp3) is 0.571. The molecule has 0 aromatic heterocycles. The molecule has 2 nitrogen and oxygen atoms in total. The van der Waals surface area contributed by atoms with Crippen molar-refractivity contribution in [3.63, 3.8) is 0 Å². The average molecular weight is 441 g/mol. The first-order valence-corrected chi connectivity index (χ1v) is 12.2. The highest BCUT2D eigenvalue weighted by atomic mass is 35.5. The minimum absolute atomic E-state index is 0. The zero-order valence-corrected chi connectivity index (χ0v) is 20.8. The van der Waals surface area contributed by atoms with E-state index in [0.29, 0.717) is 5.41 Å². The first-order chi connectivity index (χ1) is 14.5. The van der Waals surface area contributed by atoms with Crippen LogP contribution < -0.4 is 4.90 Å². The fourth-order valence-corrected chi connectivity index (χ4v) is 5.30. The van der Waals surface area contributed by atoms with Crippen LogP contribution in [0.5, 0.6) is 0 Å². The van der Waals surface area contributed by atoms with Crippen molar-refractivity contribution in [2.45, 2.75) is 59.8 Å². The standard InChI is InChI=1S/C28H40N2.ClH/c1-5-6-17-29-18-20-30(21-19-29)26-16-13-22-9-7-8-10-25(22)27(26)23-11-14-24(15-12-23)28(2,3)4;/h7-11,13,16,24H,5-6,12,14-15,17-21H2,1-4H3;1H. The minimum Gasteiger partial charge on any atom is -0.368 e. The van der Waals surface area contributed by atoms with Gasteiger partial charge in [0.05, 0.1) is 0 Å². The van der Waals surface area contributed by atoms with Crippen LogP contribution in [0.2, 0.25) is 0 Å². The van der Waals surface area contributed by atoms with E-state index in [1.807, 2.05) is 0 Å². The number of rotatable bonds is 5. The molecule has 31 heavy (non-hydrogen) atoms. The summed E-state index contributed by atoms with van der Waals surface area (Å²) in [7, 11) is 0. The van der Waals surface area contributed by atoms with E-state index >= 15 is 0 Å². The lowest BCUT2D eigenvalue weighted by molar-refractivity contribution is 0.225. The largest absolute Gasteiger partial charge is 0.368 e. The number of piperazine rings is 1. The highest BCUT2D eigenvalue weighted by molar-refractivity contribution is 5.99. The molecule has 0 saturated carbocycles. The lowest BCUT2D eigenvalue weighted by atomic mass is 9.72. The topological polar surface area (TPSA) is 6.48 Å². The molecule has 0 spiro atoms. The highest BCUT2D eigenvalue weighted by Gasteiger charge is 2.28. The van der Waals surface area contributed by atoms with Crippen LogP contribution in [0.1, 0.15) is 65.4 Å². The van der Waals surface area contributed by atoms with Gasteiger partial charge < -0.3 is 4.90 Å². The van der Waals surface area contributed by atoms with Crippen LogP contribution in [0.15, 0.2) is 42.5 Å². The summed E-state index contributed by atoms with van der Waals surface area (Å²) >= 11 is 0. The number of unbranched alkanes of at least 4 members (excludes halogenated alkanes) is 1. The maximum absolute atomic E-state index is 2.65. The Labute approximate surface area is 196 Å². The number of benzene rings is 2. The Hall–Kier alpha value is -1.51. The predicted octanol–water partition coefficient (Wildman–Crippen LogP) is 7.41. The van der Waals surface area contributed by atoms with E-state index in [4.69, 9.17) is 0 Å². The molecule has 0 amide bonds. The maximum Gasteiger partial charge on any atom is 0.0449 e. The van der Waals surface area contributed by atoms with Gasteiger partial charge in [-0.05, 0) is 66.0 Å². The first-order valence-electron chi connectivity index (χ1n) is 12.2. The van der Waals surface area contributed by atoms with Crippen molar-refractivity contribution in [2.75, 3.05) is 37.6 Å². The van der Waals surface area contributed by atoms with Gasteiger partial charge in [-0.1, -0.05) is 70.5 Å². The summed E-state index contributed by atoms with van der Waals surface area (Å²) in [5.41, 5.74) is 4.96. The van der Waals surface area contributed by atoms with Crippen molar-refractivity contribution in [2.24, 2.45) is 11.3 Å². The Bertz CT molecular complexity index is 888. The van der Waals surface area contributed by atoms with Gasteiger partial charge in [0, 0.05) is 37.4 Å². The number of halogens is 1. The molecule has 3 heteroatoms. The summed E-state index contributed by atoms with van der Waals surface area (Å²) < 4.78 is 0. The molecule has 1 atom stereocenters. The van der Waals surface area contributed by atoms with Gasteiger partial charge in [-0.15, -0.1) is 12.4 Å². The van der Waals surface area contributed by atoms with Crippen LogP contribution in [-0.4, -0.2) is 37.6 Å². The molecule has 2 aromatic carbocycles. The average Bonchev–Trinajstić information content (AvgIpc) is 2.77. The maximum atomic E-state index is 2.65. The van der Waals surface area contributed by atoms with Crippen molar-refractivity contribution in [3.8, 4) is 0 Å². The second-order valence-electron chi connectivity index (χ2n) is 10.4. The number of nitrogens with zero attached hydrogens (tertiary/aromatic N) is 2. The normalized spacial score (nSPS) is 20.5. The molecule has 0 N–H and O–H groups in total. The van der Waals surface area contributed by atoms with Crippen LogP contribution in [0.25, 0.3) is 16.3 Å². The van der Waals surface area contributed by atoms with E-state index in [1.54, 1.807) is 5.57 Å². The molecule has 170 valence electrons. The third-order valence-electron chi connectivity index (χ3n) is 7.40. The van der Waals surface area contributed by atoms with Crippen LogP contribution in [-0.2, 0) is 0 Å². The molecule has 1 aliphatic heterocycles. The van der Waals surface area contributed by atoms with E-state index in [1.165, 1.54) is 73.8 Å². The molecule has 0 radical (unpaired) electrons. The first kappa shape index (κ1) is 24.1. The van der Waals surface area contributed by atoms with Crippen molar-refractivity contribution in [1.82, 2.24) is 4.90 Å². The minimum atomic E-state index is 0. The predicted molar refractivity (Wildman–Crippen MR) is 140 cm³/mol. The van der Waals surface area contributed by atoms with Gasteiger partial charge in [-0.25, -0.2) is 0 Å². The van der Waals surface area contributed by atoms with Crippen LogP contribution in [0, 0.1) is 11.3 Å². The van der Waals surface area contributed by atoms with Crippen LogP contribution in [0.3, 0.4) is 0 Å². The van der Waals surface area contributed by atoms with Crippen molar-refractivity contribution < 1.29 is 0 Å². The number of fused-ring (bicyclic) bond motifs is 1. The molecular weight excluding hydrogens is 400 g/mol. The van der Waals surface area contributed by atoms with Crippen molar-refractivity contribution in [1.29, 1.82) is 0 Å². The number of anilines is 1. The molecule has 1 fully saturated rings. The summed E-state index contributed by atoms with van der Waals surface area (Å²) in [4.78, 5) is 5.30. The fourth-order valence-electron chi connectivity index (χ4n) is 5.30. The van der Waals surface area contributed by atoms with E-state index in [2.05, 4.69) is 80.0 Å². The third-order valence-corrected chi connectivity index (χ3v) is 7.40. The summed E-state index contributed by atoms with van der Waals surface area (Å²) in [6.07, 6.45) is 8.92.